The molecule has 1 aromatic rings. The lowest BCUT2D eigenvalue weighted by molar-refractivity contribution is -0.118. The fraction of sp³-hybridized carbons (Fsp3) is 0.632. The van der Waals surface area contributed by atoms with Gasteiger partial charge in [0.1, 0.15) is 11.5 Å². The van der Waals surface area contributed by atoms with Gasteiger partial charge in [-0.15, -0.1) is 0 Å². The summed E-state index contributed by atoms with van der Waals surface area (Å²) in [6, 6.07) is 4.29. The molecule has 0 aromatic heterocycles. The second-order valence-corrected chi connectivity index (χ2v) is 5.79. The van der Waals surface area contributed by atoms with Gasteiger partial charge in [-0.1, -0.05) is 26.8 Å². The zero-order valence-corrected chi connectivity index (χ0v) is 14.3. The van der Waals surface area contributed by atoms with Crippen LogP contribution < -0.4 is 4.74 Å². The van der Waals surface area contributed by atoms with Gasteiger partial charge in [0, 0.05) is 12.8 Å². The first-order valence-electron chi connectivity index (χ1n) is 8.29. The summed E-state index contributed by atoms with van der Waals surface area (Å²) in [5.74, 6) is 1.84. The lowest BCUT2D eigenvalue weighted by Crippen LogP contribution is -2.06. The Balaban J connectivity index is 2.89. The van der Waals surface area contributed by atoms with Crippen molar-refractivity contribution in [2.75, 3.05) is 6.61 Å². The number of Topliss-reactive ketones (excluding diaryl/α,β-unsaturated/α-hetero) is 1. The molecule has 0 aliphatic heterocycles. The van der Waals surface area contributed by atoms with Gasteiger partial charge >= 0.3 is 0 Å². The molecule has 0 saturated heterocycles. The molecule has 0 aliphatic carbocycles. The fourth-order valence-electron chi connectivity index (χ4n) is 2.72. The topological polar surface area (TPSA) is 26.3 Å². The molecule has 2 heteroatoms. The van der Waals surface area contributed by atoms with E-state index >= 15 is 0 Å². The maximum atomic E-state index is 11.6. The molecule has 0 saturated carbocycles. The molecule has 118 valence electrons. The summed E-state index contributed by atoms with van der Waals surface area (Å²) in [5, 5.41) is 0. The van der Waals surface area contributed by atoms with Crippen molar-refractivity contribution in [1.29, 1.82) is 0 Å². The molecule has 0 N–H and O–H groups in total. The Morgan fingerprint density at radius 1 is 1.14 bits per heavy atom. The molecule has 0 spiro atoms. The van der Waals surface area contributed by atoms with Crippen molar-refractivity contribution >= 4 is 5.78 Å². The predicted molar refractivity (Wildman–Crippen MR) is 89.3 cm³/mol. The molecule has 0 bridgehead atoms. The average Bonchev–Trinajstić information content (AvgIpc) is 2.50. The first-order valence-corrected chi connectivity index (χ1v) is 8.29. The van der Waals surface area contributed by atoms with E-state index in [1.54, 1.807) is 0 Å². The Morgan fingerprint density at radius 3 is 2.43 bits per heavy atom. The van der Waals surface area contributed by atoms with Gasteiger partial charge in [-0.25, -0.2) is 0 Å². The van der Waals surface area contributed by atoms with E-state index in [-0.39, 0.29) is 0 Å². The molecule has 0 radical (unpaired) electrons. The summed E-state index contributed by atoms with van der Waals surface area (Å²) in [5.41, 5.74) is 3.93. The van der Waals surface area contributed by atoms with E-state index in [9.17, 15) is 4.79 Å². The largest absolute Gasteiger partial charge is 0.493 e. The molecule has 1 atom stereocenters. The van der Waals surface area contributed by atoms with Crippen LogP contribution in [0.3, 0.4) is 0 Å². The molecule has 1 unspecified atom stereocenters. The van der Waals surface area contributed by atoms with Gasteiger partial charge in [-0.3, -0.25) is 4.79 Å². The molecule has 0 fully saturated rings. The maximum Gasteiger partial charge on any atom is 0.132 e. The number of carbonyl (C=O) groups excluding carboxylic acids is 1. The average molecular weight is 290 g/mol. The summed E-state index contributed by atoms with van der Waals surface area (Å²) in [7, 11) is 0. The molecule has 2 nitrogen and oxygen atoms in total. The minimum Gasteiger partial charge on any atom is -0.493 e. The van der Waals surface area contributed by atoms with Crippen LogP contribution in [0.5, 0.6) is 5.75 Å². The van der Waals surface area contributed by atoms with Gasteiger partial charge in [0.25, 0.3) is 0 Å². The third-order valence-electron chi connectivity index (χ3n) is 4.34. The number of benzene rings is 1. The summed E-state index contributed by atoms with van der Waals surface area (Å²) in [4.78, 5) is 11.6. The normalized spacial score (nSPS) is 12.2. The SMILES string of the molecule is CCCOc1ccc(C(CC)CCC(=O)CC)c(C)c1C. The Kier molecular flexibility index (Phi) is 7.49. The van der Waals surface area contributed by atoms with Crippen molar-refractivity contribution in [3.8, 4) is 5.75 Å². The van der Waals surface area contributed by atoms with Gasteiger partial charge in [-0.05, 0) is 61.8 Å². The number of hydrogen-bond acceptors (Lipinski definition) is 2. The van der Waals surface area contributed by atoms with Gasteiger partial charge in [-0.2, -0.15) is 0 Å². The highest BCUT2D eigenvalue weighted by atomic mass is 16.5. The van der Waals surface area contributed by atoms with Crippen LogP contribution in [0.4, 0.5) is 0 Å². The van der Waals surface area contributed by atoms with Crippen molar-refractivity contribution in [1.82, 2.24) is 0 Å². The second kappa shape index (κ2) is 8.86. The molecular formula is C19H30O2. The lowest BCUT2D eigenvalue weighted by Gasteiger charge is -2.20. The first-order chi connectivity index (χ1) is 10.0. The molecule has 0 amide bonds. The smallest absolute Gasteiger partial charge is 0.132 e. The number of hydrogen-bond donors (Lipinski definition) is 0. The van der Waals surface area contributed by atoms with Crippen LogP contribution in [-0.4, -0.2) is 12.4 Å². The van der Waals surface area contributed by atoms with Crippen molar-refractivity contribution in [3.05, 3.63) is 28.8 Å². The van der Waals surface area contributed by atoms with E-state index in [1.807, 2.05) is 6.92 Å². The van der Waals surface area contributed by atoms with E-state index in [2.05, 4.69) is 39.8 Å². The predicted octanol–water partition coefficient (Wildman–Crippen LogP) is 5.35. The molecule has 21 heavy (non-hydrogen) atoms. The van der Waals surface area contributed by atoms with Crippen molar-refractivity contribution < 1.29 is 9.53 Å². The molecular weight excluding hydrogens is 260 g/mol. The third kappa shape index (κ3) is 4.87. The summed E-state index contributed by atoms with van der Waals surface area (Å²) < 4.78 is 5.80. The van der Waals surface area contributed by atoms with Crippen LogP contribution in [0.15, 0.2) is 12.1 Å². The lowest BCUT2D eigenvalue weighted by atomic mass is 9.86. The summed E-state index contributed by atoms with van der Waals surface area (Å²) in [6.07, 6.45) is 4.40. The standard InChI is InChI=1S/C19H30O2/c1-6-13-21-19-12-11-18(14(4)15(19)5)16(7-2)9-10-17(20)8-3/h11-12,16H,6-10,13H2,1-5H3. The van der Waals surface area contributed by atoms with Crippen LogP contribution in [0.1, 0.15) is 75.5 Å². The Morgan fingerprint density at radius 2 is 1.86 bits per heavy atom. The van der Waals surface area contributed by atoms with E-state index < -0.39 is 0 Å². The van der Waals surface area contributed by atoms with Crippen molar-refractivity contribution in [2.24, 2.45) is 0 Å². The zero-order valence-electron chi connectivity index (χ0n) is 14.3. The van der Waals surface area contributed by atoms with Gasteiger partial charge in [0.2, 0.25) is 0 Å². The Labute approximate surface area is 129 Å². The molecule has 1 aromatic carbocycles. The number of ketones is 1. The molecule has 0 heterocycles. The Hall–Kier alpha value is -1.31. The zero-order chi connectivity index (χ0) is 15.8. The van der Waals surface area contributed by atoms with E-state index in [4.69, 9.17) is 4.74 Å². The monoisotopic (exact) mass is 290 g/mol. The van der Waals surface area contributed by atoms with Crippen LogP contribution in [0.2, 0.25) is 0 Å². The fourth-order valence-corrected chi connectivity index (χ4v) is 2.72. The third-order valence-corrected chi connectivity index (χ3v) is 4.34. The van der Waals surface area contributed by atoms with Crippen molar-refractivity contribution in [2.45, 2.75) is 72.6 Å². The summed E-state index contributed by atoms with van der Waals surface area (Å²) in [6.45, 7) is 11.3. The quantitative estimate of drug-likeness (QED) is 0.613. The second-order valence-electron chi connectivity index (χ2n) is 5.79. The summed E-state index contributed by atoms with van der Waals surface area (Å²) >= 11 is 0. The first kappa shape index (κ1) is 17.7. The highest BCUT2D eigenvalue weighted by molar-refractivity contribution is 5.78. The van der Waals surface area contributed by atoms with E-state index in [0.717, 1.165) is 31.6 Å². The highest BCUT2D eigenvalue weighted by Gasteiger charge is 2.16. The number of ether oxygens (including phenoxy) is 1. The van der Waals surface area contributed by atoms with Gasteiger partial charge in [0.05, 0.1) is 6.61 Å². The van der Waals surface area contributed by atoms with Crippen LogP contribution in [-0.2, 0) is 4.79 Å². The maximum absolute atomic E-state index is 11.6. The van der Waals surface area contributed by atoms with E-state index in [0.29, 0.717) is 24.5 Å². The van der Waals surface area contributed by atoms with Gasteiger partial charge < -0.3 is 4.74 Å². The minimum atomic E-state index is 0.366. The van der Waals surface area contributed by atoms with Gasteiger partial charge in [0.15, 0.2) is 0 Å². The van der Waals surface area contributed by atoms with Crippen LogP contribution >= 0.6 is 0 Å². The Bertz CT molecular complexity index is 463. The number of carbonyl (C=O) groups is 1. The minimum absolute atomic E-state index is 0.366. The van der Waals surface area contributed by atoms with Crippen molar-refractivity contribution in [3.63, 3.8) is 0 Å². The highest BCUT2D eigenvalue weighted by Crippen LogP contribution is 2.33. The van der Waals surface area contributed by atoms with Crippen LogP contribution in [0, 0.1) is 13.8 Å². The molecule has 1 rings (SSSR count). The van der Waals surface area contributed by atoms with Crippen LogP contribution in [0.25, 0.3) is 0 Å². The molecule has 0 aliphatic rings. The van der Waals surface area contributed by atoms with E-state index in [1.165, 1.54) is 16.7 Å². The number of rotatable bonds is 9.